The number of nitrogens with zero attached hydrogens (tertiary/aromatic N) is 7. The van der Waals surface area contributed by atoms with E-state index in [4.69, 9.17) is 4.74 Å². The van der Waals surface area contributed by atoms with E-state index in [1.807, 2.05) is 37.3 Å². The summed E-state index contributed by atoms with van der Waals surface area (Å²) in [6, 6.07) is 9.24. The highest BCUT2D eigenvalue weighted by Crippen LogP contribution is 2.26. The van der Waals surface area contributed by atoms with Crippen molar-refractivity contribution in [2.24, 2.45) is 0 Å². The number of rotatable bonds is 5. The lowest BCUT2D eigenvalue weighted by molar-refractivity contribution is 0.0523. The maximum atomic E-state index is 13.0. The third kappa shape index (κ3) is 4.12. The fourth-order valence-electron chi connectivity index (χ4n) is 3.68. The van der Waals surface area contributed by atoms with Gasteiger partial charge in [-0.3, -0.25) is 4.79 Å². The molecule has 4 heterocycles. The summed E-state index contributed by atoms with van der Waals surface area (Å²) in [7, 11) is 0. The first-order chi connectivity index (χ1) is 16.4. The highest BCUT2D eigenvalue weighted by molar-refractivity contribution is 9.10. The molecule has 0 bridgehead atoms. The van der Waals surface area contributed by atoms with Crippen molar-refractivity contribution in [3.63, 3.8) is 0 Å². The Bertz CT molecular complexity index is 1390. The molecular formula is C22H21BrN8O3. The molecule has 0 atom stereocenters. The Morgan fingerprint density at radius 3 is 2.85 bits per heavy atom. The standard InChI is InChI=1S/C22H21BrN8O3/c1-3-34-22(33)29-11-16(12-29)31-27-20(26-28-31)14-5-4-13(2)18(8-14)25-21(32)17-10-24-30-7-6-15(23)9-19(17)30/h4-10,16H,3,11-12H2,1-2H3,(H,25,32). The van der Waals surface area contributed by atoms with Crippen molar-refractivity contribution in [1.29, 1.82) is 0 Å². The summed E-state index contributed by atoms with van der Waals surface area (Å²) in [5, 5.41) is 20.0. The first kappa shape index (κ1) is 22.0. The predicted octanol–water partition coefficient (Wildman–Crippen LogP) is 3.32. The van der Waals surface area contributed by atoms with Crippen LogP contribution in [0.5, 0.6) is 0 Å². The second-order valence-corrected chi connectivity index (χ2v) is 8.82. The molecule has 2 amide bonds. The minimum atomic E-state index is -0.337. The summed E-state index contributed by atoms with van der Waals surface area (Å²) >= 11 is 3.43. The van der Waals surface area contributed by atoms with Crippen molar-refractivity contribution in [2.75, 3.05) is 25.0 Å². The number of carbonyl (C=O) groups excluding carboxylic acids is 2. The number of hydrogen-bond acceptors (Lipinski definition) is 7. The summed E-state index contributed by atoms with van der Waals surface area (Å²) in [6.07, 6.45) is 2.99. The average Bonchev–Trinajstić information content (AvgIpc) is 3.42. The van der Waals surface area contributed by atoms with Crippen LogP contribution in [0.3, 0.4) is 0 Å². The maximum absolute atomic E-state index is 13.0. The molecule has 1 N–H and O–H groups in total. The Hall–Kier alpha value is -3.80. The van der Waals surface area contributed by atoms with E-state index in [9.17, 15) is 9.59 Å². The molecule has 1 fully saturated rings. The van der Waals surface area contributed by atoms with Crippen LogP contribution in [-0.4, -0.2) is 66.4 Å². The van der Waals surface area contributed by atoms with Crippen LogP contribution < -0.4 is 5.32 Å². The molecule has 4 aromatic rings. The average molecular weight is 525 g/mol. The summed E-state index contributed by atoms with van der Waals surface area (Å²) < 4.78 is 7.50. The normalized spacial score (nSPS) is 13.7. The van der Waals surface area contributed by atoms with Crippen molar-refractivity contribution in [1.82, 2.24) is 34.7 Å². The molecule has 1 aliphatic rings. The summed E-state index contributed by atoms with van der Waals surface area (Å²) in [6.45, 7) is 4.97. The largest absolute Gasteiger partial charge is 0.450 e. The van der Waals surface area contributed by atoms with E-state index in [0.29, 0.717) is 42.3 Å². The molecule has 0 saturated carbocycles. The SMILES string of the molecule is CCOC(=O)N1CC(n2nnc(-c3ccc(C)c(NC(=O)c4cnn5ccc(Br)cc45)c3)n2)C1. The van der Waals surface area contributed by atoms with E-state index >= 15 is 0 Å². The fourth-order valence-corrected chi connectivity index (χ4v) is 4.01. The number of benzene rings is 1. The van der Waals surface area contributed by atoms with Gasteiger partial charge in [-0.05, 0) is 42.8 Å². The van der Waals surface area contributed by atoms with Crippen LogP contribution in [0.1, 0.15) is 28.9 Å². The molecule has 0 unspecified atom stereocenters. The van der Waals surface area contributed by atoms with Gasteiger partial charge >= 0.3 is 6.09 Å². The molecule has 174 valence electrons. The molecule has 12 heteroatoms. The van der Waals surface area contributed by atoms with Crippen LogP contribution in [0.15, 0.2) is 47.2 Å². The number of pyridine rings is 1. The van der Waals surface area contributed by atoms with Crippen LogP contribution in [0.2, 0.25) is 0 Å². The Morgan fingerprint density at radius 2 is 2.06 bits per heavy atom. The van der Waals surface area contributed by atoms with Crippen LogP contribution >= 0.6 is 15.9 Å². The molecule has 11 nitrogen and oxygen atoms in total. The summed E-state index contributed by atoms with van der Waals surface area (Å²) in [4.78, 5) is 27.9. The summed E-state index contributed by atoms with van der Waals surface area (Å²) in [5.41, 5.74) is 3.42. The monoisotopic (exact) mass is 524 g/mol. The molecule has 34 heavy (non-hydrogen) atoms. The lowest BCUT2D eigenvalue weighted by Crippen LogP contribution is -2.51. The van der Waals surface area contributed by atoms with Crippen molar-refractivity contribution < 1.29 is 14.3 Å². The second kappa shape index (κ2) is 8.86. The lowest BCUT2D eigenvalue weighted by Gasteiger charge is -2.36. The van der Waals surface area contributed by atoms with Gasteiger partial charge in [-0.1, -0.05) is 28.1 Å². The molecule has 0 spiro atoms. The van der Waals surface area contributed by atoms with Crippen LogP contribution in [0.25, 0.3) is 16.9 Å². The van der Waals surface area contributed by atoms with E-state index in [-0.39, 0.29) is 18.0 Å². The topological polar surface area (TPSA) is 120 Å². The van der Waals surface area contributed by atoms with Crippen molar-refractivity contribution >= 4 is 39.1 Å². The van der Waals surface area contributed by atoms with Crippen LogP contribution in [0, 0.1) is 6.92 Å². The number of nitrogens with one attached hydrogen (secondary N) is 1. The van der Waals surface area contributed by atoms with Crippen molar-refractivity contribution in [3.8, 4) is 11.4 Å². The zero-order valence-electron chi connectivity index (χ0n) is 18.5. The smallest absolute Gasteiger partial charge is 0.409 e. The van der Waals surface area contributed by atoms with E-state index in [1.54, 1.807) is 28.7 Å². The van der Waals surface area contributed by atoms with Gasteiger partial charge in [-0.2, -0.15) is 9.90 Å². The molecule has 1 aromatic carbocycles. The molecular weight excluding hydrogens is 504 g/mol. The Balaban J connectivity index is 1.32. The number of carbonyl (C=O) groups is 2. The number of amides is 2. The van der Waals surface area contributed by atoms with Gasteiger partial charge in [0.25, 0.3) is 5.91 Å². The highest BCUT2D eigenvalue weighted by Gasteiger charge is 2.34. The van der Waals surface area contributed by atoms with Crippen molar-refractivity contribution in [3.05, 3.63) is 58.3 Å². The van der Waals surface area contributed by atoms with Crippen LogP contribution in [-0.2, 0) is 4.74 Å². The second-order valence-electron chi connectivity index (χ2n) is 7.91. The first-order valence-corrected chi connectivity index (χ1v) is 11.5. The zero-order valence-corrected chi connectivity index (χ0v) is 20.1. The van der Waals surface area contributed by atoms with E-state index < -0.39 is 0 Å². The number of ether oxygens (including phenoxy) is 1. The number of anilines is 1. The summed E-state index contributed by atoms with van der Waals surface area (Å²) in [5.74, 6) is 0.170. The highest BCUT2D eigenvalue weighted by atomic mass is 79.9. The number of tetrazole rings is 1. The minimum absolute atomic E-state index is 0.0507. The van der Waals surface area contributed by atoms with Gasteiger partial charge in [0.05, 0.1) is 37.0 Å². The third-order valence-electron chi connectivity index (χ3n) is 5.62. The molecule has 3 aromatic heterocycles. The van der Waals surface area contributed by atoms with Gasteiger partial charge in [0.2, 0.25) is 5.82 Å². The molecule has 1 aliphatic heterocycles. The van der Waals surface area contributed by atoms with Gasteiger partial charge in [-0.25, -0.2) is 9.31 Å². The number of likely N-dealkylation sites (tertiary alicyclic amines) is 1. The number of halogens is 1. The molecule has 5 rings (SSSR count). The Morgan fingerprint density at radius 1 is 1.24 bits per heavy atom. The molecule has 0 radical (unpaired) electrons. The number of aryl methyl sites for hydroxylation is 1. The molecule has 1 saturated heterocycles. The maximum Gasteiger partial charge on any atom is 0.409 e. The van der Waals surface area contributed by atoms with Gasteiger partial charge in [-0.15, -0.1) is 10.2 Å². The van der Waals surface area contributed by atoms with E-state index in [0.717, 1.165) is 15.6 Å². The number of aromatic nitrogens is 6. The fraction of sp³-hybridized carbons (Fsp3) is 0.273. The van der Waals surface area contributed by atoms with Crippen molar-refractivity contribution in [2.45, 2.75) is 19.9 Å². The quantitative estimate of drug-likeness (QED) is 0.425. The third-order valence-corrected chi connectivity index (χ3v) is 6.11. The Kier molecular flexibility index (Phi) is 5.74. The van der Waals surface area contributed by atoms with Gasteiger partial charge in [0.15, 0.2) is 0 Å². The van der Waals surface area contributed by atoms with Gasteiger partial charge in [0, 0.05) is 21.9 Å². The Labute approximate surface area is 202 Å². The van der Waals surface area contributed by atoms with Crippen LogP contribution in [0.4, 0.5) is 10.5 Å². The zero-order chi connectivity index (χ0) is 23.8. The number of fused-ring (bicyclic) bond motifs is 1. The first-order valence-electron chi connectivity index (χ1n) is 10.7. The minimum Gasteiger partial charge on any atom is -0.450 e. The van der Waals surface area contributed by atoms with Gasteiger partial charge in [0.1, 0.15) is 6.04 Å². The van der Waals surface area contributed by atoms with E-state index in [1.165, 1.54) is 4.80 Å². The predicted molar refractivity (Wildman–Crippen MR) is 126 cm³/mol. The van der Waals surface area contributed by atoms with Gasteiger partial charge < -0.3 is 15.0 Å². The number of hydrogen-bond donors (Lipinski definition) is 1. The molecule has 0 aliphatic carbocycles. The van der Waals surface area contributed by atoms with E-state index in [2.05, 4.69) is 41.8 Å². The lowest BCUT2D eigenvalue weighted by atomic mass is 10.1.